The van der Waals surface area contributed by atoms with Crippen LogP contribution in [0.5, 0.6) is 0 Å². The largest absolute Gasteiger partial charge is 0.383 e. The van der Waals surface area contributed by atoms with Gasteiger partial charge in [0.15, 0.2) is 0 Å². The molecule has 108 valence electrons. The van der Waals surface area contributed by atoms with E-state index in [-0.39, 0.29) is 12.5 Å². The van der Waals surface area contributed by atoms with Crippen LogP contribution in [0, 0.1) is 0 Å². The van der Waals surface area contributed by atoms with Crippen molar-refractivity contribution in [1.82, 2.24) is 9.62 Å². The summed E-state index contributed by atoms with van der Waals surface area (Å²) in [5.41, 5.74) is 5.52. The second-order valence-electron chi connectivity index (χ2n) is 3.96. The van der Waals surface area contributed by atoms with Crippen LogP contribution >= 0.6 is 0 Å². The molecule has 0 aromatic carbocycles. The number of methoxy groups -OCH3 is 1. The molecule has 0 aliphatic rings. The van der Waals surface area contributed by atoms with Crippen LogP contribution in [0.25, 0.3) is 0 Å². The number of rotatable bonds is 9. The average Bonchev–Trinajstić information content (AvgIpc) is 2.27. The van der Waals surface area contributed by atoms with E-state index < -0.39 is 16.1 Å². The molecule has 1 atom stereocenters. The molecule has 7 nitrogen and oxygen atoms in total. The van der Waals surface area contributed by atoms with Gasteiger partial charge >= 0.3 is 0 Å². The molecule has 0 aromatic rings. The Bertz CT molecular complexity index is 345. The first kappa shape index (κ1) is 17.3. The summed E-state index contributed by atoms with van der Waals surface area (Å²) in [7, 11) is -1.69. The lowest BCUT2D eigenvalue weighted by atomic mass is 10.3. The van der Waals surface area contributed by atoms with E-state index in [1.807, 2.05) is 0 Å². The lowest BCUT2D eigenvalue weighted by Crippen LogP contribution is -2.44. The minimum Gasteiger partial charge on any atom is -0.383 e. The van der Waals surface area contributed by atoms with Gasteiger partial charge in [0.2, 0.25) is 15.9 Å². The van der Waals surface area contributed by atoms with Crippen LogP contribution in [-0.2, 0) is 19.6 Å². The molecular weight excluding hydrogens is 258 g/mol. The van der Waals surface area contributed by atoms with Crippen LogP contribution in [0.3, 0.4) is 0 Å². The van der Waals surface area contributed by atoms with Crippen molar-refractivity contribution >= 4 is 15.9 Å². The first-order chi connectivity index (χ1) is 8.32. The average molecular weight is 281 g/mol. The van der Waals surface area contributed by atoms with Crippen molar-refractivity contribution in [3.63, 3.8) is 0 Å². The Labute approximate surface area is 109 Å². The van der Waals surface area contributed by atoms with Gasteiger partial charge in [-0.1, -0.05) is 6.92 Å². The van der Waals surface area contributed by atoms with E-state index in [0.717, 1.165) is 0 Å². The van der Waals surface area contributed by atoms with Gasteiger partial charge < -0.3 is 15.8 Å². The van der Waals surface area contributed by atoms with Crippen molar-refractivity contribution in [2.75, 3.05) is 39.6 Å². The van der Waals surface area contributed by atoms with Crippen molar-refractivity contribution in [1.29, 1.82) is 0 Å². The topological polar surface area (TPSA) is 102 Å². The van der Waals surface area contributed by atoms with Crippen LogP contribution in [0.2, 0.25) is 0 Å². The minimum atomic E-state index is -3.16. The van der Waals surface area contributed by atoms with Crippen LogP contribution in [0.1, 0.15) is 13.3 Å². The maximum absolute atomic E-state index is 11.4. The highest BCUT2D eigenvalue weighted by Crippen LogP contribution is 1.98. The molecule has 0 fully saturated rings. The summed E-state index contributed by atoms with van der Waals surface area (Å²) < 4.78 is 28.7. The molecule has 0 heterocycles. The number of nitrogens with zero attached hydrogens (tertiary/aromatic N) is 1. The minimum absolute atomic E-state index is 0.163. The molecule has 18 heavy (non-hydrogen) atoms. The van der Waals surface area contributed by atoms with E-state index in [1.54, 1.807) is 6.92 Å². The summed E-state index contributed by atoms with van der Waals surface area (Å²) >= 11 is 0. The standard InChI is InChI=1S/C10H23N3O4S/c1-4-13(18(3,15)16)7-5-6-12-10(14)9(11)8-17-2/h9H,4-8,11H2,1-3H3,(H,12,14). The Kier molecular flexibility index (Phi) is 8.08. The fourth-order valence-corrected chi connectivity index (χ4v) is 2.34. The number of carbonyl (C=O) groups is 1. The molecule has 3 N–H and O–H groups in total. The highest BCUT2D eigenvalue weighted by molar-refractivity contribution is 7.88. The Hall–Kier alpha value is -0.700. The Morgan fingerprint density at radius 2 is 2.11 bits per heavy atom. The molecule has 0 saturated heterocycles. The molecule has 0 radical (unpaired) electrons. The summed E-state index contributed by atoms with van der Waals surface area (Å²) in [5.74, 6) is -0.292. The van der Waals surface area contributed by atoms with E-state index >= 15 is 0 Å². The van der Waals surface area contributed by atoms with Crippen LogP contribution in [0.4, 0.5) is 0 Å². The number of nitrogens with two attached hydrogens (primary N) is 1. The molecule has 1 amide bonds. The lowest BCUT2D eigenvalue weighted by Gasteiger charge is -2.18. The van der Waals surface area contributed by atoms with Gasteiger partial charge in [-0.25, -0.2) is 12.7 Å². The summed E-state index contributed by atoms with van der Waals surface area (Å²) in [4.78, 5) is 11.4. The van der Waals surface area contributed by atoms with Gasteiger partial charge in [0, 0.05) is 26.7 Å². The predicted molar refractivity (Wildman–Crippen MR) is 69.6 cm³/mol. The van der Waals surface area contributed by atoms with Crippen LogP contribution < -0.4 is 11.1 Å². The second-order valence-corrected chi connectivity index (χ2v) is 5.94. The van der Waals surface area contributed by atoms with Gasteiger partial charge in [-0.2, -0.15) is 0 Å². The number of carbonyl (C=O) groups excluding carboxylic acids is 1. The first-order valence-electron chi connectivity index (χ1n) is 5.80. The van der Waals surface area contributed by atoms with E-state index in [2.05, 4.69) is 5.32 Å². The maximum Gasteiger partial charge on any atom is 0.239 e. The van der Waals surface area contributed by atoms with E-state index in [1.165, 1.54) is 17.7 Å². The maximum atomic E-state index is 11.4. The fourth-order valence-electron chi connectivity index (χ4n) is 1.41. The molecule has 0 aromatic heterocycles. The van der Waals surface area contributed by atoms with Crippen molar-refractivity contribution in [3.05, 3.63) is 0 Å². The van der Waals surface area contributed by atoms with Gasteiger partial charge in [0.05, 0.1) is 12.9 Å². The Morgan fingerprint density at radius 1 is 1.50 bits per heavy atom. The zero-order chi connectivity index (χ0) is 14.2. The van der Waals surface area contributed by atoms with E-state index in [4.69, 9.17) is 10.5 Å². The van der Waals surface area contributed by atoms with Crippen LogP contribution in [-0.4, -0.2) is 64.3 Å². The highest BCUT2D eigenvalue weighted by Gasteiger charge is 2.15. The summed E-state index contributed by atoms with van der Waals surface area (Å²) in [6, 6.07) is -0.688. The SMILES string of the molecule is CCN(CCCNC(=O)C(N)COC)S(C)(=O)=O. The van der Waals surface area contributed by atoms with Crippen LogP contribution in [0.15, 0.2) is 0 Å². The third-order valence-corrected chi connectivity index (χ3v) is 3.77. The number of sulfonamides is 1. The van der Waals surface area contributed by atoms with Crippen molar-refractivity contribution in [2.24, 2.45) is 5.73 Å². The number of hydrogen-bond donors (Lipinski definition) is 2. The smallest absolute Gasteiger partial charge is 0.239 e. The molecule has 0 bridgehead atoms. The molecular formula is C10H23N3O4S. The van der Waals surface area contributed by atoms with Gasteiger partial charge in [-0.3, -0.25) is 4.79 Å². The zero-order valence-corrected chi connectivity index (χ0v) is 12.0. The molecule has 0 saturated carbocycles. The zero-order valence-electron chi connectivity index (χ0n) is 11.2. The normalized spacial score (nSPS) is 13.6. The molecule has 0 spiro atoms. The summed E-state index contributed by atoms with van der Waals surface area (Å²) in [6.07, 6.45) is 1.72. The van der Waals surface area contributed by atoms with Crippen molar-refractivity contribution < 1.29 is 17.9 Å². The molecule has 1 unspecified atom stereocenters. The third kappa shape index (κ3) is 6.90. The van der Waals surface area contributed by atoms with Crippen molar-refractivity contribution in [2.45, 2.75) is 19.4 Å². The number of hydrogen-bond acceptors (Lipinski definition) is 5. The molecule has 0 aliphatic heterocycles. The van der Waals surface area contributed by atoms with E-state index in [0.29, 0.717) is 26.1 Å². The quantitative estimate of drug-likeness (QED) is 0.514. The van der Waals surface area contributed by atoms with E-state index in [9.17, 15) is 13.2 Å². The van der Waals surface area contributed by atoms with Crippen molar-refractivity contribution in [3.8, 4) is 0 Å². The molecule has 0 rings (SSSR count). The van der Waals surface area contributed by atoms with Gasteiger partial charge in [0.1, 0.15) is 6.04 Å². The molecule has 0 aliphatic carbocycles. The van der Waals surface area contributed by atoms with Gasteiger partial charge in [-0.15, -0.1) is 0 Å². The number of nitrogens with one attached hydrogen (secondary N) is 1. The molecule has 8 heteroatoms. The predicted octanol–water partition coefficient (Wildman–Crippen LogP) is -1.25. The second kappa shape index (κ2) is 8.41. The summed E-state index contributed by atoms with van der Waals surface area (Å²) in [6.45, 7) is 3.14. The van der Waals surface area contributed by atoms with Gasteiger partial charge in [0.25, 0.3) is 0 Å². The number of ether oxygens (including phenoxy) is 1. The highest BCUT2D eigenvalue weighted by atomic mass is 32.2. The van der Waals surface area contributed by atoms with Gasteiger partial charge in [-0.05, 0) is 6.42 Å². The summed E-state index contributed by atoms with van der Waals surface area (Å²) in [5, 5.41) is 2.63. The Morgan fingerprint density at radius 3 is 2.56 bits per heavy atom. The Balaban J connectivity index is 3.89. The lowest BCUT2D eigenvalue weighted by molar-refractivity contribution is -0.123. The third-order valence-electron chi connectivity index (χ3n) is 2.39. The monoisotopic (exact) mass is 281 g/mol. The number of amides is 1. The first-order valence-corrected chi connectivity index (χ1v) is 7.65. The fraction of sp³-hybridized carbons (Fsp3) is 0.900.